The van der Waals surface area contributed by atoms with Gasteiger partial charge in [0.05, 0.1) is 11.4 Å². The second-order valence-corrected chi connectivity index (χ2v) is 7.49. The van der Waals surface area contributed by atoms with Crippen LogP contribution in [0.15, 0.2) is 42.5 Å². The lowest BCUT2D eigenvalue weighted by Gasteiger charge is -2.18. The van der Waals surface area contributed by atoms with Gasteiger partial charge < -0.3 is 15.4 Å². The second kappa shape index (κ2) is 7.44. The topological polar surface area (TPSA) is 80.3 Å². The van der Waals surface area contributed by atoms with Crippen molar-refractivity contribution >= 4 is 34.5 Å². The van der Waals surface area contributed by atoms with Crippen LogP contribution in [0.5, 0.6) is 5.75 Å². The Hall–Kier alpha value is -3.19. The Morgan fingerprint density at radius 1 is 1.25 bits per heavy atom. The van der Waals surface area contributed by atoms with Crippen molar-refractivity contribution in [1.29, 1.82) is 0 Å². The van der Waals surface area contributed by atoms with Crippen LogP contribution in [0.2, 0.25) is 0 Å². The maximum absolute atomic E-state index is 12.8. The maximum Gasteiger partial charge on any atom is 0.267 e. The lowest BCUT2D eigenvalue weighted by Crippen LogP contribution is -2.25. The van der Waals surface area contributed by atoms with Crippen LogP contribution < -0.4 is 15.4 Å². The number of thiazole rings is 1. The SMILES string of the molecule is CCc1ccc(-c2nc(C)c(C(=O)Nc3ccc4c(c3)NC(=O)CO4)s2)cc1. The Morgan fingerprint density at radius 2 is 2.04 bits per heavy atom. The standard InChI is InChI=1S/C21H19N3O3S/c1-3-13-4-6-14(7-5-13)21-22-12(2)19(28-21)20(26)23-15-8-9-17-16(10-15)24-18(25)11-27-17/h4-10H,3,11H2,1-2H3,(H,23,26)(H,24,25). The molecule has 2 heterocycles. The van der Waals surface area contributed by atoms with E-state index >= 15 is 0 Å². The first-order chi connectivity index (χ1) is 13.5. The summed E-state index contributed by atoms with van der Waals surface area (Å²) in [4.78, 5) is 29.3. The number of ether oxygens (including phenoxy) is 1. The van der Waals surface area contributed by atoms with Gasteiger partial charge in [-0.3, -0.25) is 9.59 Å². The van der Waals surface area contributed by atoms with Crippen molar-refractivity contribution in [1.82, 2.24) is 4.98 Å². The number of carbonyl (C=O) groups is 2. The molecule has 3 aromatic rings. The van der Waals surface area contributed by atoms with Crippen molar-refractivity contribution in [2.45, 2.75) is 20.3 Å². The summed E-state index contributed by atoms with van der Waals surface area (Å²) in [6.45, 7) is 3.94. The Balaban J connectivity index is 1.54. The Labute approximate surface area is 166 Å². The van der Waals surface area contributed by atoms with Crippen LogP contribution in [0, 0.1) is 6.92 Å². The highest BCUT2D eigenvalue weighted by molar-refractivity contribution is 7.17. The van der Waals surface area contributed by atoms with Crippen molar-refractivity contribution in [3.63, 3.8) is 0 Å². The van der Waals surface area contributed by atoms with Crippen LogP contribution in [0.3, 0.4) is 0 Å². The molecule has 142 valence electrons. The molecule has 0 fully saturated rings. The van der Waals surface area contributed by atoms with E-state index in [-0.39, 0.29) is 18.4 Å². The van der Waals surface area contributed by atoms with Crippen molar-refractivity contribution < 1.29 is 14.3 Å². The lowest BCUT2D eigenvalue weighted by molar-refractivity contribution is -0.118. The first-order valence-corrected chi connectivity index (χ1v) is 9.80. The molecule has 1 aliphatic heterocycles. The minimum atomic E-state index is -0.227. The third kappa shape index (κ3) is 3.61. The van der Waals surface area contributed by atoms with Gasteiger partial charge in [0.1, 0.15) is 15.6 Å². The van der Waals surface area contributed by atoms with Gasteiger partial charge in [0.15, 0.2) is 6.61 Å². The second-order valence-electron chi connectivity index (χ2n) is 6.49. The highest BCUT2D eigenvalue weighted by atomic mass is 32.1. The summed E-state index contributed by atoms with van der Waals surface area (Å²) in [6.07, 6.45) is 0.983. The van der Waals surface area contributed by atoms with Gasteiger partial charge in [0.2, 0.25) is 0 Å². The fraction of sp³-hybridized carbons (Fsp3) is 0.190. The molecule has 7 heteroatoms. The fourth-order valence-corrected chi connectivity index (χ4v) is 3.93. The van der Waals surface area contributed by atoms with Gasteiger partial charge in [-0.15, -0.1) is 11.3 Å². The van der Waals surface area contributed by atoms with Crippen LogP contribution in [-0.2, 0) is 11.2 Å². The van der Waals surface area contributed by atoms with Crippen molar-refractivity contribution in [2.24, 2.45) is 0 Å². The fourth-order valence-electron chi connectivity index (χ4n) is 2.96. The van der Waals surface area contributed by atoms with E-state index < -0.39 is 0 Å². The first kappa shape index (κ1) is 18.2. The molecule has 0 saturated heterocycles. The maximum atomic E-state index is 12.8. The lowest BCUT2D eigenvalue weighted by atomic mass is 10.1. The molecule has 2 amide bonds. The molecular weight excluding hydrogens is 374 g/mol. The molecule has 0 atom stereocenters. The summed E-state index contributed by atoms with van der Waals surface area (Å²) in [7, 11) is 0. The van der Waals surface area contributed by atoms with Crippen LogP contribution in [0.25, 0.3) is 10.6 Å². The number of nitrogens with one attached hydrogen (secondary N) is 2. The number of aromatic nitrogens is 1. The third-order valence-corrected chi connectivity index (χ3v) is 5.69. The van der Waals surface area contributed by atoms with Gasteiger partial charge in [-0.1, -0.05) is 31.2 Å². The number of hydrogen-bond acceptors (Lipinski definition) is 5. The van der Waals surface area contributed by atoms with E-state index in [1.807, 2.05) is 19.1 Å². The minimum absolute atomic E-state index is 0.000771. The molecule has 28 heavy (non-hydrogen) atoms. The van der Waals surface area contributed by atoms with Gasteiger partial charge in [0, 0.05) is 11.3 Å². The Kier molecular flexibility index (Phi) is 4.83. The molecule has 0 radical (unpaired) electrons. The van der Waals surface area contributed by atoms with Gasteiger partial charge in [0.25, 0.3) is 11.8 Å². The third-order valence-electron chi connectivity index (χ3n) is 4.48. The number of fused-ring (bicyclic) bond motifs is 1. The average Bonchev–Trinajstić information content (AvgIpc) is 3.09. The number of benzene rings is 2. The van der Waals surface area contributed by atoms with Crippen LogP contribution >= 0.6 is 11.3 Å². The Bertz CT molecular complexity index is 1060. The van der Waals surface area contributed by atoms with E-state index in [9.17, 15) is 9.59 Å². The summed E-state index contributed by atoms with van der Waals surface area (Å²) in [6, 6.07) is 13.4. The molecule has 0 spiro atoms. The number of aryl methyl sites for hydroxylation is 2. The van der Waals surface area contributed by atoms with E-state index in [2.05, 4.69) is 34.7 Å². The van der Waals surface area contributed by atoms with Crippen molar-refractivity contribution in [2.75, 3.05) is 17.2 Å². The molecule has 1 aliphatic rings. The van der Waals surface area contributed by atoms with E-state index in [0.29, 0.717) is 27.7 Å². The normalized spacial score (nSPS) is 12.7. The van der Waals surface area contributed by atoms with Crippen LogP contribution in [0.1, 0.15) is 27.9 Å². The molecule has 2 aromatic carbocycles. The minimum Gasteiger partial charge on any atom is -0.482 e. The summed E-state index contributed by atoms with van der Waals surface area (Å²) in [5.41, 5.74) is 4.08. The van der Waals surface area contributed by atoms with E-state index in [1.165, 1.54) is 16.9 Å². The van der Waals surface area contributed by atoms with Crippen molar-refractivity contribution in [3.8, 4) is 16.3 Å². The van der Waals surface area contributed by atoms with E-state index in [1.54, 1.807) is 18.2 Å². The number of anilines is 2. The predicted octanol–water partition coefficient (Wildman–Crippen LogP) is 4.26. The number of carbonyl (C=O) groups excluding carboxylic acids is 2. The largest absolute Gasteiger partial charge is 0.482 e. The number of hydrogen-bond donors (Lipinski definition) is 2. The monoisotopic (exact) mass is 393 g/mol. The molecule has 1 aromatic heterocycles. The number of rotatable bonds is 4. The molecule has 4 rings (SSSR count). The highest BCUT2D eigenvalue weighted by Crippen LogP contribution is 2.32. The van der Waals surface area contributed by atoms with Gasteiger partial charge in [-0.25, -0.2) is 4.98 Å². The molecule has 0 unspecified atom stereocenters. The molecule has 0 saturated carbocycles. The molecule has 6 nitrogen and oxygen atoms in total. The zero-order valence-electron chi connectivity index (χ0n) is 15.5. The molecule has 2 N–H and O–H groups in total. The first-order valence-electron chi connectivity index (χ1n) is 8.98. The number of amides is 2. The summed E-state index contributed by atoms with van der Waals surface area (Å²) >= 11 is 1.36. The van der Waals surface area contributed by atoms with Gasteiger partial charge >= 0.3 is 0 Å². The Morgan fingerprint density at radius 3 is 2.79 bits per heavy atom. The van der Waals surface area contributed by atoms with Gasteiger partial charge in [-0.2, -0.15) is 0 Å². The van der Waals surface area contributed by atoms with Crippen LogP contribution in [-0.4, -0.2) is 23.4 Å². The molecule has 0 bridgehead atoms. The molecule has 0 aliphatic carbocycles. The summed E-state index contributed by atoms with van der Waals surface area (Å²) in [5.74, 6) is 0.145. The summed E-state index contributed by atoms with van der Waals surface area (Å²) < 4.78 is 5.34. The zero-order chi connectivity index (χ0) is 19.7. The van der Waals surface area contributed by atoms with E-state index in [4.69, 9.17) is 4.74 Å². The number of nitrogens with zero attached hydrogens (tertiary/aromatic N) is 1. The quantitative estimate of drug-likeness (QED) is 0.694. The van der Waals surface area contributed by atoms with Crippen molar-refractivity contribution in [3.05, 3.63) is 58.6 Å². The van der Waals surface area contributed by atoms with Crippen LogP contribution in [0.4, 0.5) is 11.4 Å². The molecular formula is C21H19N3O3S. The summed E-state index contributed by atoms with van der Waals surface area (Å²) in [5, 5.41) is 6.42. The zero-order valence-corrected chi connectivity index (χ0v) is 16.4. The van der Waals surface area contributed by atoms with Gasteiger partial charge in [-0.05, 0) is 37.1 Å². The predicted molar refractivity (Wildman–Crippen MR) is 110 cm³/mol. The average molecular weight is 393 g/mol. The van der Waals surface area contributed by atoms with E-state index in [0.717, 1.165) is 17.0 Å². The smallest absolute Gasteiger partial charge is 0.267 e. The highest BCUT2D eigenvalue weighted by Gasteiger charge is 2.19.